The summed E-state index contributed by atoms with van der Waals surface area (Å²) in [4.78, 5) is 26.5. The summed E-state index contributed by atoms with van der Waals surface area (Å²) in [6.07, 6.45) is 0.822. The van der Waals surface area contributed by atoms with Crippen LogP contribution in [0, 0.1) is 17.8 Å². The molecule has 8 nitrogen and oxygen atoms in total. The van der Waals surface area contributed by atoms with E-state index in [0.717, 1.165) is 30.8 Å². The lowest BCUT2D eigenvalue weighted by atomic mass is 9.79. The van der Waals surface area contributed by atoms with Crippen molar-refractivity contribution in [1.82, 2.24) is 15.5 Å². The van der Waals surface area contributed by atoms with Crippen LogP contribution in [0.3, 0.4) is 0 Å². The molecule has 3 unspecified atom stereocenters. The van der Waals surface area contributed by atoms with Crippen LogP contribution in [0.4, 0.5) is 0 Å². The van der Waals surface area contributed by atoms with Gasteiger partial charge in [-0.3, -0.25) is 4.79 Å². The number of rotatable bonds is 9. The van der Waals surface area contributed by atoms with Gasteiger partial charge in [0.2, 0.25) is 5.91 Å². The van der Waals surface area contributed by atoms with Gasteiger partial charge < -0.3 is 30.9 Å². The molecule has 0 spiro atoms. The average Bonchev–Trinajstić information content (AvgIpc) is 3.17. The van der Waals surface area contributed by atoms with Crippen LogP contribution >= 0.6 is 11.8 Å². The molecule has 2 saturated heterocycles. The quantitative estimate of drug-likeness (QED) is 0.330. The number of thioether (sulfide) groups is 1. The van der Waals surface area contributed by atoms with E-state index in [1.165, 1.54) is 4.90 Å². The monoisotopic (exact) mass is 413 g/mol. The van der Waals surface area contributed by atoms with Crippen molar-refractivity contribution in [3.8, 4) is 0 Å². The van der Waals surface area contributed by atoms with E-state index in [0.29, 0.717) is 5.92 Å². The zero-order valence-electron chi connectivity index (χ0n) is 16.6. The Balaban J connectivity index is 1.73. The van der Waals surface area contributed by atoms with Gasteiger partial charge in [0.05, 0.1) is 18.1 Å². The van der Waals surface area contributed by atoms with Crippen LogP contribution in [0.15, 0.2) is 10.6 Å². The Morgan fingerprint density at radius 1 is 1.46 bits per heavy atom. The van der Waals surface area contributed by atoms with Crippen molar-refractivity contribution in [3.63, 3.8) is 0 Å². The molecule has 9 heteroatoms. The Labute approximate surface area is 169 Å². The third-order valence-corrected chi connectivity index (χ3v) is 7.78. The highest BCUT2D eigenvalue weighted by molar-refractivity contribution is 8.03. The summed E-state index contributed by atoms with van der Waals surface area (Å²) in [6, 6.07) is 0.00393. The van der Waals surface area contributed by atoms with Crippen molar-refractivity contribution in [2.24, 2.45) is 17.8 Å². The van der Waals surface area contributed by atoms with Gasteiger partial charge in [-0.2, -0.15) is 0 Å². The number of aliphatic carboxylic acids is 1. The zero-order valence-corrected chi connectivity index (χ0v) is 17.4. The SMILES string of the molecule is CNCC(CCO)[C@@H]1C[C@H](SC2=C(C(=O)O)N3C(=O)C(C(C)O)[C@H]3[C@H]2C)CN1. The fourth-order valence-corrected chi connectivity index (χ4v) is 6.41. The van der Waals surface area contributed by atoms with Gasteiger partial charge in [0, 0.05) is 35.3 Å². The molecule has 0 radical (unpaired) electrons. The number of aliphatic hydroxyl groups excluding tert-OH is 2. The van der Waals surface area contributed by atoms with E-state index in [1.807, 2.05) is 14.0 Å². The molecule has 28 heavy (non-hydrogen) atoms. The minimum atomic E-state index is -1.08. The van der Waals surface area contributed by atoms with E-state index in [-0.39, 0.29) is 41.5 Å². The molecule has 0 bridgehead atoms. The number of fused-ring (bicyclic) bond motifs is 1. The van der Waals surface area contributed by atoms with Gasteiger partial charge >= 0.3 is 5.97 Å². The average molecular weight is 414 g/mol. The lowest BCUT2D eigenvalue weighted by Gasteiger charge is -2.46. The summed E-state index contributed by atoms with van der Waals surface area (Å²) >= 11 is 1.56. The van der Waals surface area contributed by atoms with E-state index in [9.17, 15) is 24.9 Å². The summed E-state index contributed by atoms with van der Waals surface area (Å²) < 4.78 is 0. The maximum atomic E-state index is 12.4. The first-order chi connectivity index (χ1) is 13.3. The molecule has 0 aromatic rings. The number of nitrogens with zero attached hydrogens (tertiary/aromatic N) is 1. The molecule has 0 aromatic carbocycles. The summed E-state index contributed by atoms with van der Waals surface area (Å²) in [6.45, 7) is 5.27. The molecule has 3 aliphatic rings. The Morgan fingerprint density at radius 2 is 2.18 bits per heavy atom. The summed E-state index contributed by atoms with van der Waals surface area (Å²) in [5.41, 5.74) is 0.0926. The lowest BCUT2D eigenvalue weighted by molar-refractivity contribution is -0.163. The number of nitrogens with one attached hydrogen (secondary N) is 2. The molecule has 5 N–H and O–H groups in total. The molecule has 0 saturated carbocycles. The number of carbonyl (C=O) groups excluding carboxylic acids is 1. The second kappa shape index (κ2) is 8.71. The fourth-order valence-electron chi connectivity index (χ4n) is 4.91. The third-order valence-electron chi connectivity index (χ3n) is 6.26. The predicted molar refractivity (Wildman–Crippen MR) is 107 cm³/mol. The van der Waals surface area contributed by atoms with Crippen molar-refractivity contribution in [2.45, 2.75) is 50.1 Å². The first-order valence-electron chi connectivity index (χ1n) is 9.95. The number of β-lactam (4-membered cyclic amide) rings is 1. The number of carbonyl (C=O) groups is 2. The molecular formula is C19H31N3O5S. The molecule has 0 aromatic heterocycles. The maximum Gasteiger partial charge on any atom is 0.353 e. The van der Waals surface area contributed by atoms with Crippen molar-refractivity contribution >= 4 is 23.6 Å². The van der Waals surface area contributed by atoms with Gasteiger partial charge in [-0.15, -0.1) is 11.8 Å². The molecule has 2 fully saturated rings. The van der Waals surface area contributed by atoms with Crippen molar-refractivity contribution in [2.75, 3.05) is 26.7 Å². The van der Waals surface area contributed by atoms with E-state index in [1.54, 1.807) is 18.7 Å². The molecule has 3 aliphatic heterocycles. The van der Waals surface area contributed by atoms with Crippen LogP contribution in [0.5, 0.6) is 0 Å². The van der Waals surface area contributed by atoms with E-state index >= 15 is 0 Å². The number of carboxylic acids is 1. The van der Waals surface area contributed by atoms with Crippen LogP contribution in [0.1, 0.15) is 26.7 Å². The van der Waals surface area contributed by atoms with Crippen molar-refractivity contribution < 1.29 is 24.9 Å². The zero-order chi connectivity index (χ0) is 20.6. The van der Waals surface area contributed by atoms with Crippen LogP contribution < -0.4 is 10.6 Å². The molecule has 3 rings (SSSR count). The van der Waals surface area contributed by atoms with Gasteiger partial charge in [0.15, 0.2) is 0 Å². The molecule has 1 amide bonds. The third kappa shape index (κ3) is 3.70. The standard InChI is InChI=1S/C19H31N3O5S/c1-9-15-14(10(2)24)18(25)22(15)16(19(26)27)17(9)28-12-6-13(21-8-12)11(4-5-23)7-20-3/h9-15,20-21,23-24H,4-8H2,1-3H3,(H,26,27)/t9-,10?,11?,12+,13+,14?,15-/m1/s1. The molecule has 0 aliphatic carbocycles. The van der Waals surface area contributed by atoms with Gasteiger partial charge in [-0.1, -0.05) is 6.92 Å². The van der Waals surface area contributed by atoms with Crippen LogP contribution in [-0.2, 0) is 9.59 Å². The highest BCUT2D eigenvalue weighted by atomic mass is 32.2. The Hall–Kier alpha value is -1.13. The van der Waals surface area contributed by atoms with Crippen molar-refractivity contribution in [3.05, 3.63) is 10.6 Å². The predicted octanol–water partition coefficient (Wildman–Crippen LogP) is -0.178. The van der Waals surface area contributed by atoms with Crippen LogP contribution in [-0.4, -0.2) is 82.3 Å². The second-order valence-electron chi connectivity index (χ2n) is 8.09. The molecule has 7 atom stereocenters. The fraction of sp³-hybridized carbons (Fsp3) is 0.789. The van der Waals surface area contributed by atoms with Gasteiger partial charge in [0.1, 0.15) is 5.70 Å². The van der Waals surface area contributed by atoms with Gasteiger partial charge in [-0.25, -0.2) is 4.79 Å². The van der Waals surface area contributed by atoms with Crippen molar-refractivity contribution in [1.29, 1.82) is 0 Å². The highest BCUT2D eigenvalue weighted by Gasteiger charge is 2.60. The first-order valence-corrected chi connectivity index (χ1v) is 10.8. The van der Waals surface area contributed by atoms with Crippen LogP contribution in [0.2, 0.25) is 0 Å². The van der Waals surface area contributed by atoms with E-state index < -0.39 is 18.0 Å². The van der Waals surface area contributed by atoms with Crippen LogP contribution in [0.25, 0.3) is 0 Å². The minimum Gasteiger partial charge on any atom is -0.477 e. The summed E-state index contributed by atoms with van der Waals surface area (Å²) in [5, 5.41) is 35.9. The first kappa shape index (κ1) is 21.6. The van der Waals surface area contributed by atoms with E-state index in [4.69, 9.17) is 0 Å². The Kier molecular flexibility index (Phi) is 6.71. The van der Waals surface area contributed by atoms with E-state index in [2.05, 4.69) is 10.6 Å². The van der Waals surface area contributed by atoms with Gasteiger partial charge in [0.25, 0.3) is 0 Å². The Morgan fingerprint density at radius 3 is 2.75 bits per heavy atom. The lowest BCUT2D eigenvalue weighted by Crippen LogP contribution is -2.63. The Bertz CT molecular complexity index is 649. The summed E-state index contributed by atoms with van der Waals surface area (Å²) in [5.74, 6) is -1.68. The number of hydrogen-bond acceptors (Lipinski definition) is 7. The highest BCUT2D eigenvalue weighted by Crippen LogP contribution is 2.51. The van der Waals surface area contributed by atoms with Gasteiger partial charge in [-0.05, 0) is 39.3 Å². The number of hydrogen-bond donors (Lipinski definition) is 5. The largest absolute Gasteiger partial charge is 0.477 e. The minimum absolute atomic E-state index is 0.0926. The second-order valence-corrected chi connectivity index (χ2v) is 9.43. The molecular weight excluding hydrogens is 382 g/mol. The molecule has 3 heterocycles. The molecule has 158 valence electrons. The number of carboxylic acid groups (broad SMARTS) is 1. The topological polar surface area (TPSA) is 122 Å². The number of aliphatic hydroxyl groups is 2. The maximum absolute atomic E-state index is 12.4. The normalized spacial score (nSPS) is 34.4. The smallest absolute Gasteiger partial charge is 0.353 e. The number of amides is 1. The summed E-state index contributed by atoms with van der Waals surface area (Å²) in [7, 11) is 1.90.